The van der Waals surface area contributed by atoms with Crippen molar-refractivity contribution in [1.29, 1.82) is 0 Å². The van der Waals surface area contributed by atoms with Crippen molar-refractivity contribution in [3.63, 3.8) is 0 Å². The molecule has 0 atom stereocenters. The van der Waals surface area contributed by atoms with Gasteiger partial charge in [-0.15, -0.1) is 5.10 Å². The van der Waals surface area contributed by atoms with Crippen LogP contribution in [0.4, 0.5) is 4.79 Å². The molecule has 152 valence electrons. The maximum atomic E-state index is 11.6. The number of fused-ring (bicyclic) bond motifs is 1. The van der Waals surface area contributed by atoms with Gasteiger partial charge in [-0.25, -0.2) is 22.9 Å². The molecule has 0 bridgehead atoms. The third kappa shape index (κ3) is 3.86. The van der Waals surface area contributed by atoms with Crippen LogP contribution in [0.15, 0.2) is 41.4 Å². The summed E-state index contributed by atoms with van der Waals surface area (Å²) in [4.78, 5) is 16.9. The zero-order valence-corrected chi connectivity index (χ0v) is 16.4. The van der Waals surface area contributed by atoms with Gasteiger partial charge < -0.3 is 14.7 Å². The summed E-state index contributed by atoms with van der Waals surface area (Å²) in [6.07, 6.45) is 3.12. The minimum atomic E-state index is -3.28. The van der Waals surface area contributed by atoms with Crippen molar-refractivity contribution in [2.75, 3.05) is 19.3 Å². The van der Waals surface area contributed by atoms with Crippen molar-refractivity contribution < 1.29 is 23.1 Å². The van der Waals surface area contributed by atoms with E-state index in [0.29, 0.717) is 37.2 Å². The molecule has 29 heavy (non-hydrogen) atoms. The highest BCUT2D eigenvalue weighted by atomic mass is 32.2. The van der Waals surface area contributed by atoms with Crippen molar-refractivity contribution >= 4 is 27.0 Å². The molecule has 1 amide bonds. The van der Waals surface area contributed by atoms with Crippen LogP contribution in [-0.2, 0) is 9.84 Å². The minimum absolute atomic E-state index is 0.0416. The fourth-order valence-corrected chi connectivity index (χ4v) is 3.99. The number of pyridine rings is 1. The summed E-state index contributed by atoms with van der Waals surface area (Å²) < 4.78 is 30.7. The molecule has 1 aromatic carbocycles. The van der Waals surface area contributed by atoms with E-state index < -0.39 is 15.9 Å². The maximum Gasteiger partial charge on any atom is 0.407 e. The molecule has 1 aliphatic heterocycles. The second-order valence-corrected chi connectivity index (χ2v) is 8.88. The average molecular weight is 417 g/mol. The second kappa shape index (κ2) is 7.32. The fourth-order valence-electron chi connectivity index (χ4n) is 3.36. The summed E-state index contributed by atoms with van der Waals surface area (Å²) in [5, 5.41) is 17.5. The third-order valence-corrected chi connectivity index (χ3v) is 6.03. The van der Waals surface area contributed by atoms with Crippen molar-refractivity contribution in [3.8, 4) is 11.6 Å². The monoisotopic (exact) mass is 417 g/mol. The highest BCUT2D eigenvalue weighted by Gasteiger charge is 2.26. The van der Waals surface area contributed by atoms with Gasteiger partial charge in [0, 0.05) is 25.5 Å². The molecule has 0 radical (unpaired) electrons. The van der Waals surface area contributed by atoms with Gasteiger partial charge in [0.2, 0.25) is 5.88 Å². The number of carboxylic acid groups (broad SMARTS) is 1. The number of rotatable bonds is 4. The number of benzene rings is 1. The summed E-state index contributed by atoms with van der Waals surface area (Å²) in [5.74, 6) is 0.700. The number of likely N-dealkylation sites (tertiary alicyclic amines) is 1. The van der Waals surface area contributed by atoms with Gasteiger partial charge >= 0.3 is 6.09 Å². The number of hydrogen-bond donors (Lipinski definition) is 1. The zero-order chi connectivity index (χ0) is 20.6. The van der Waals surface area contributed by atoms with Crippen LogP contribution >= 0.6 is 0 Å². The zero-order valence-electron chi connectivity index (χ0n) is 15.6. The lowest BCUT2D eigenvalue weighted by Gasteiger charge is -2.29. The largest absolute Gasteiger partial charge is 0.465 e. The molecule has 0 spiro atoms. The SMILES string of the molecule is CS(=O)(=O)c1ccc(Oc2nccc3c2nnn3C2CCN(C(=O)O)CC2)cc1. The molecule has 11 heteroatoms. The van der Waals surface area contributed by atoms with Gasteiger partial charge in [0.1, 0.15) is 5.75 Å². The van der Waals surface area contributed by atoms with Gasteiger partial charge in [0.15, 0.2) is 15.4 Å². The molecule has 3 aromatic rings. The summed E-state index contributed by atoms with van der Waals surface area (Å²) in [6, 6.07) is 7.89. The molecule has 1 aliphatic rings. The van der Waals surface area contributed by atoms with Crippen molar-refractivity contribution in [3.05, 3.63) is 36.5 Å². The highest BCUT2D eigenvalue weighted by molar-refractivity contribution is 7.90. The molecular weight excluding hydrogens is 398 g/mol. The Bertz CT molecular complexity index is 1150. The first-order valence-corrected chi connectivity index (χ1v) is 10.9. The molecular formula is C18H19N5O5S. The van der Waals surface area contributed by atoms with Gasteiger partial charge in [-0.2, -0.15) is 0 Å². The van der Waals surface area contributed by atoms with Crippen molar-refractivity contribution in [1.82, 2.24) is 24.9 Å². The van der Waals surface area contributed by atoms with Crippen molar-refractivity contribution in [2.24, 2.45) is 0 Å². The number of amides is 1. The van der Waals surface area contributed by atoms with E-state index in [1.807, 2.05) is 0 Å². The number of carbonyl (C=O) groups is 1. The van der Waals surface area contributed by atoms with Crippen LogP contribution < -0.4 is 4.74 Å². The summed E-state index contributed by atoms with van der Waals surface area (Å²) in [5.41, 5.74) is 1.23. The van der Waals surface area contributed by atoms with Gasteiger partial charge in [-0.1, -0.05) is 5.21 Å². The minimum Gasteiger partial charge on any atom is -0.465 e. The van der Waals surface area contributed by atoms with Crippen LogP contribution in [0.1, 0.15) is 18.9 Å². The first-order valence-electron chi connectivity index (χ1n) is 8.98. The topological polar surface area (TPSA) is 128 Å². The summed E-state index contributed by atoms with van der Waals surface area (Å²) in [7, 11) is -3.28. The molecule has 0 saturated carbocycles. The van der Waals surface area contributed by atoms with Gasteiger partial charge in [-0.05, 0) is 43.2 Å². The Balaban J connectivity index is 1.57. The Hall–Kier alpha value is -3.21. The normalized spacial score (nSPS) is 15.6. The molecule has 1 fully saturated rings. The molecule has 1 N–H and O–H groups in total. The van der Waals surface area contributed by atoms with Crippen LogP contribution in [0.3, 0.4) is 0 Å². The Morgan fingerprint density at radius 1 is 1.17 bits per heavy atom. The predicted molar refractivity (Wildman–Crippen MR) is 103 cm³/mol. The molecule has 3 heterocycles. The van der Waals surface area contributed by atoms with E-state index in [0.717, 1.165) is 11.8 Å². The van der Waals surface area contributed by atoms with Crippen LogP contribution in [0.2, 0.25) is 0 Å². The summed E-state index contributed by atoms with van der Waals surface area (Å²) in [6.45, 7) is 0.894. The Morgan fingerprint density at radius 2 is 1.86 bits per heavy atom. The van der Waals surface area contributed by atoms with E-state index in [1.165, 1.54) is 17.0 Å². The van der Waals surface area contributed by atoms with Gasteiger partial charge in [0.25, 0.3) is 0 Å². The van der Waals surface area contributed by atoms with E-state index in [9.17, 15) is 13.2 Å². The average Bonchev–Trinajstić information content (AvgIpc) is 3.13. The highest BCUT2D eigenvalue weighted by Crippen LogP contribution is 2.30. The number of ether oxygens (including phenoxy) is 1. The van der Waals surface area contributed by atoms with E-state index in [4.69, 9.17) is 9.84 Å². The molecule has 1 saturated heterocycles. The molecule has 0 unspecified atom stereocenters. The first-order chi connectivity index (χ1) is 13.8. The predicted octanol–water partition coefficient (Wildman–Crippen LogP) is 2.34. The number of aromatic nitrogens is 4. The smallest absolute Gasteiger partial charge is 0.407 e. The Kier molecular flexibility index (Phi) is 4.82. The lowest BCUT2D eigenvalue weighted by atomic mass is 10.1. The number of sulfone groups is 1. The van der Waals surface area contributed by atoms with Crippen molar-refractivity contribution in [2.45, 2.75) is 23.8 Å². The Morgan fingerprint density at radius 3 is 2.48 bits per heavy atom. The van der Waals surface area contributed by atoms with E-state index in [2.05, 4.69) is 15.3 Å². The van der Waals surface area contributed by atoms with Crippen LogP contribution in [0, 0.1) is 0 Å². The fraction of sp³-hybridized carbons (Fsp3) is 0.333. The first kappa shape index (κ1) is 19.1. The van der Waals surface area contributed by atoms with E-state index in [1.54, 1.807) is 29.1 Å². The van der Waals surface area contributed by atoms with Gasteiger partial charge in [-0.3, -0.25) is 0 Å². The number of nitrogens with zero attached hydrogens (tertiary/aromatic N) is 5. The van der Waals surface area contributed by atoms with Crippen LogP contribution in [-0.4, -0.2) is 63.8 Å². The van der Waals surface area contributed by atoms with Crippen LogP contribution in [0.25, 0.3) is 11.0 Å². The third-order valence-electron chi connectivity index (χ3n) is 4.90. The lowest BCUT2D eigenvalue weighted by molar-refractivity contribution is 0.124. The Labute approximate surface area is 166 Å². The van der Waals surface area contributed by atoms with Gasteiger partial charge in [0.05, 0.1) is 16.5 Å². The molecule has 2 aromatic heterocycles. The van der Waals surface area contributed by atoms with Crippen LogP contribution in [0.5, 0.6) is 11.6 Å². The quantitative estimate of drug-likeness (QED) is 0.685. The second-order valence-electron chi connectivity index (χ2n) is 6.86. The maximum absolute atomic E-state index is 11.6. The molecule has 4 rings (SSSR count). The molecule has 10 nitrogen and oxygen atoms in total. The lowest BCUT2D eigenvalue weighted by Crippen LogP contribution is -2.38. The number of hydrogen-bond acceptors (Lipinski definition) is 7. The standard InChI is InChI=1S/C18H19N5O5S/c1-29(26,27)14-4-2-13(3-5-14)28-17-16-15(6-9-19-17)23(21-20-16)12-7-10-22(11-8-12)18(24)25/h2-6,9,12H,7-8,10-11H2,1H3,(H,24,25). The summed E-state index contributed by atoms with van der Waals surface area (Å²) >= 11 is 0. The van der Waals surface area contributed by atoms with E-state index >= 15 is 0 Å². The molecule has 0 aliphatic carbocycles. The number of piperidine rings is 1. The van der Waals surface area contributed by atoms with E-state index in [-0.39, 0.29) is 16.8 Å².